The molecule has 0 saturated heterocycles. The quantitative estimate of drug-likeness (QED) is 0.786. The van der Waals surface area contributed by atoms with Crippen LogP contribution in [0.15, 0.2) is 35.1 Å². The van der Waals surface area contributed by atoms with E-state index in [2.05, 4.69) is 4.72 Å². The van der Waals surface area contributed by atoms with Crippen LogP contribution in [0.25, 0.3) is 10.8 Å². The molecule has 0 radical (unpaired) electrons. The number of pyridine rings is 1. The lowest BCUT2D eigenvalue weighted by atomic mass is 10.1. The molecule has 7 heteroatoms. The average Bonchev–Trinajstić information content (AvgIpc) is 2.36. The lowest BCUT2D eigenvalue weighted by molar-refractivity contribution is 0.574. The van der Waals surface area contributed by atoms with Gasteiger partial charge in [-0.2, -0.15) is 0 Å². The number of hydrogen-bond acceptors (Lipinski definition) is 4. The van der Waals surface area contributed by atoms with Crippen molar-refractivity contribution < 1.29 is 8.42 Å². The zero-order valence-corrected chi connectivity index (χ0v) is 12.0. The molecule has 0 aliphatic heterocycles. The summed E-state index contributed by atoms with van der Waals surface area (Å²) in [5.41, 5.74) is 5.73. The number of rotatable bonds is 5. The van der Waals surface area contributed by atoms with Crippen molar-refractivity contribution in [2.75, 3.05) is 18.5 Å². The normalized spacial score (nSPS) is 11.8. The molecule has 0 bridgehead atoms. The molecule has 2 aromatic rings. The second kappa shape index (κ2) is 5.64. The zero-order chi connectivity index (χ0) is 14.8. The summed E-state index contributed by atoms with van der Waals surface area (Å²) in [5.74, 6) is 0.382. The number of sulfonamides is 1. The molecule has 0 unspecified atom stereocenters. The van der Waals surface area contributed by atoms with Gasteiger partial charge in [-0.15, -0.1) is 0 Å². The minimum Gasteiger partial charge on any atom is -0.385 e. The molecule has 0 amide bonds. The van der Waals surface area contributed by atoms with Crippen molar-refractivity contribution in [3.05, 3.63) is 40.7 Å². The van der Waals surface area contributed by atoms with Gasteiger partial charge in [0.05, 0.1) is 6.26 Å². The topological polar surface area (TPSA) is 94.2 Å². The standard InChI is InChI=1S/C13H17N3O3S/c1-20(18,19)15-7-4-8-16-12(14)9-10-5-2-3-6-11(10)13(16)17/h2-3,5-6,9,15H,4,7-8,14H2,1H3. The van der Waals surface area contributed by atoms with Gasteiger partial charge in [-0.25, -0.2) is 13.1 Å². The van der Waals surface area contributed by atoms with Crippen molar-refractivity contribution in [2.24, 2.45) is 0 Å². The highest BCUT2D eigenvalue weighted by Crippen LogP contribution is 2.13. The predicted molar refractivity (Wildman–Crippen MR) is 80.1 cm³/mol. The highest BCUT2D eigenvalue weighted by atomic mass is 32.2. The molecule has 6 nitrogen and oxygen atoms in total. The Morgan fingerprint density at radius 3 is 2.70 bits per heavy atom. The van der Waals surface area contributed by atoms with E-state index in [-0.39, 0.29) is 12.1 Å². The first-order valence-corrected chi connectivity index (χ1v) is 8.10. The van der Waals surface area contributed by atoms with Gasteiger partial charge in [0.25, 0.3) is 5.56 Å². The Morgan fingerprint density at radius 2 is 2.00 bits per heavy atom. The van der Waals surface area contributed by atoms with Gasteiger partial charge in [-0.05, 0) is 23.9 Å². The number of aromatic nitrogens is 1. The molecule has 3 N–H and O–H groups in total. The molecule has 0 aliphatic carbocycles. The van der Waals surface area contributed by atoms with Crippen LogP contribution in [-0.4, -0.2) is 25.8 Å². The molecule has 1 heterocycles. The van der Waals surface area contributed by atoms with E-state index < -0.39 is 10.0 Å². The van der Waals surface area contributed by atoms with Crippen LogP contribution in [0.1, 0.15) is 6.42 Å². The fourth-order valence-electron chi connectivity index (χ4n) is 2.04. The van der Waals surface area contributed by atoms with E-state index in [4.69, 9.17) is 5.73 Å². The molecular formula is C13H17N3O3S. The summed E-state index contributed by atoms with van der Waals surface area (Å²) >= 11 is 0. The fourth-order valence-corrected chi connectivity index (χ4v) is 2.56. The minimum atomic E-state index is -3.20. The summed E-state index contributed by atoms with van der Waals surface area (Å²) in [7, 11) is -3.20. The molecule has 0 aliphatic rings. The van der Waals surface area contributed by atoms with Crippen molar-refractivity contribution in [2.45, 2.75) is 13.0 Å². The molecule has 0 saturated carbocycles. The van der Waals surface area contributed by atoms with Crippen molar-refractivity contribution in [1.29, 1.82) is 0 Å². The van der Waals surface area contributed by atoms with Crippen molar-refractivity contribution in [3.8, 4) is 0 Å². The van der Waals surface area contributed by atoms with E-state index in [1.54, 1.807) is 18.2 Å². The van der Waals surface area contributed by atoms with Crippen LogP contribution in [0, 0.1) is 0 Å². The summed E-state index contributed by atoms with van der Waals surface area (Å²) in [6.45, 7) is 0.648. The Kier molecular flexibility index (Phi) is 4.10. The van der Waals surface area contributed by atoms with E-state index in [1.807, 2.05) is 12.1 Å². The summed E-state index contributed by atoms with van der Waals surface area (Å²) in [6, 6.07) is 8.99. The summed E-state index contributed by atoms with van der Waals surface area (Å²) in [6.07, 6.45) is 1.60. The van der Waals surface area contributed by atoms with Crippen LogP contribution >= 0.6 is 0 Å². The molecule has 2 rings (SSSR count). The molecule has 1 aromatic heterocycles. The number of hydrogen-bond donors (Lipinski definition) is 2. The molecular weight excluding hydrogens is 278 g/mol. The highest BCUT2D eigenvalue weighted by molar-refractivity contribution is 7.88. The van der Waals surface area contributed by atoms with Gasteiger partial charge in [0.1, 0.15) is 5.82 Å². The van der Waals surface area contributed by atoms with E-state index >= 15 is 0 Å². The molecule has 0 spiro atoms. The van der Waals surface area contributed by atoms with Crippen LogP contribution < -0.4 is 16.0 Å². The second-order valence-corrected chi connectivity index (χ2v) is 6.47. The maximum absolute atomic E-state index is 12.3. The first-order chi connectivity index (χ1) is 9.38. The third kappa shape index (κ3) is 3.37. The van der Waals surface area contributed by atoms with E-state index in [0.29, 0.717) is 24.2 Å². The fraction of sp³-hybridized carbons (Fsp3) is 0.308. The minimum absolute atomic E-state index is 0.153. The third-order valence-electron chi connectivity index (χ3n) is 2.97. The van der Waals surface area contributed by atoms with Crippen molar-refractivity contribution in [3.63, 3.8) is 0 Å². The maximum Gasteiger partial charge on any atom is 0.259 e. The van der Waals surface area contributed by atoms with Crippen LogP contribution in [0.5, 0.6) is 0 Å². The molecule has 1 aromatic carbocycles. The monoisotopic (exact) mass is 295 g/mol. The summed E-state index contributed by atoms with van der Waals surface area (Å²) in [4.78, 5) is 12.3. The Morgan fingerprint density at radius 1 is 1.30 bits per heavy atom. The van der Waals surface area contributed by atoms with E-state index in [9.17, 15) is 13.2 Å². The number of nitrogens with two attached hydrogens (primary N) is 1. The predicted octanol–water partition coefficient (Wildman–Crippen LogP) is 0.523. The van der Waals surface area contributed by atoms with Gasteiger partial charge in [0.2, 0.25) is 10.0 Å². The molecule has 108 valence electrons. The number of nitrogens with zero attached hydrogens (tertiary/aromatic N) is 1. The van der Waals surface area contributed by atoms with E-state index in [1.165, 1.54) is 4.57 Å². The van der Waals surface area contributed by atoms with Crippen molar-refractivity contribution >= 4 is 26.6 Å². The second-order valence-electron chi connectivity index (χ2n) is 4.63. The highest BCUT2D eigenvalue weighted by Gasteiger charge is 2.07. The lowest BCUT2D eigenvalue weighted by Crippen LogP contribution is -2.27. The average molecular weight is 295 g/mol. The van der Waals surface area contributed by atoms with Gasteiger partial charge in [0.15, 0.2) is 0 Å². The number of nitrogens with one attached hydrogen (secondary N) is 1. The van der Waals surface area contributed by atoms with Crippen LogP contribution in [0.2, 0.25) is 0 Å². The van der Waals surface area contributed by atoms with Crippen LogP contribution in [0.4, 0.5) is 5.82 Å². The number of fused-ring (bicyclic) bond motifs is 1. The lowest BCUT2D eigenvalue weighted by Gasteiger charge is -2.11. The van der Waals surface area contributed by atoms with Crippen LogP contribution in [0.3, 0.4) is 0 Å². The maximum atomic E-state index is 12.3. The van der Waals surface area contributed by atoms with Crippen LogP contribution in [-0.2, 0) is 16.6 Å². The van der Waals surface area contributed by atoms with Gasteiger partial charge in [-0.1, -0.05) is 18.2 Å². The SMILES string of the molecule is CS(=O)(=O)NCCCn1c(N)cc2ccccc2c1=O. The Bertz CT molecular complexity index is 781. The molecule has 0 fully saturated rings. The Balaban J connectivity index is 2.20. The molecule has 0 atom stereocenters. The van der Waals surface area contributed by atoms with Gasteiger partial charge in [-0.3, -0.25) is 9.36 Å². The Hall–Kier alpha value is -1.86. The summed E-state index contributed by atoms with van der Waals surface area (Å²) in [5, 5.41) is 1.42. The number of nitrogen functional groups attached to an aromatic ring is 1. The van der Waals surface area contributed by atoms with Gasteiger partial charge in [0, 0.05) is 18.5 Å². The van der Waals surface area contributed by atoms with Crippen molar-refractivity contribution in [1.82, 2.24) is 9.29 Å². The number of benzene rings is 1. The Labute approximate surface area is 117 Å². The van der Waals surface area contributed by atoms with Gasteiger partial charge < -0.3 is 5.73 Å². The first kappa shape index (κ1) is 14.5. The molecule has 20 heavy (non-hydrogen) atoms. The number of anilines is 1. The largest absolute Gasteiger partial charge is 0.385 e. The van der Waals surface area contributed by atoms with Gasteiger partial charge >= 0.3 is 0 Å². The smallest absolute Gasteiger partial charge is 0.259 e. The first-order valence-electron chi connectivity index (χ1n) is 6.21. The third-order valence-corrected chi connectivity index (χ3v) is 3.70. The zero-order valence-electron chi connectivity index (χ0n) is 11.2. The van der Waals surface area contributed by atoms with E-state index in [0.717, 1.165) is 11.6 Å². The summed E-state index contributed by atoms with van der Waals surface area (Å²) < 4.78 is 25.7.